The van der Waals surface area contributed by atoms with E-state index in [-0.39, 0.29) is 36.1 Å². The van der Waals surface area contributed by atoms with Crippen LogP contribution < -0.4 is 5.32 Å². The lowest BCUT2D eigenvalue weighted by atomic mass is 9.91. The maximum atomic E-state index is 12.1. The number of aromatic nitrogens is 3. The van der Waals surface area contributed by atoms with Gasteiger partial charge in [-0.3, -0.25) is 9.59 Å². The predicted molar refractivity (Wildman–Crippen MR) is 122 cm³/mol. The Bertz CT molecular complexity index is 988. The van der Waals surface area contributed by atoms with E-state index in [4.69, 9.17) is 9.47 Å². The molecule has 0 saturated heterocycles. The van der Waals surface area contributed by atoms with Gasteiger partial charge in [0.1, 0.15) is 5.76 Å². The van der Waals surface area contributed by atoms with Crippen molar-refractivity contribution in [2.24, 2.45) is 0 Å². The molecule has 0 spiro atoms. The van der Waals surface area contributed by atoms with Crippen LogP contribution in [0.4, 0.5) is 0 Å². The number of carbonyl (C=O) groups is 2. The van der Waals surface area contributed by atoms with Gasteiger partial charge in [0, 0.05) is 25.5 Å². The highest BCUT2D eigenvalue weighted by atomic mass is 16.5. The number of nitrogens with zero attached hydrogens (tertiary/aromatic N) is 3. The predicted octanol–water partition coefficient (Wildman–Crippen LogP) is 3.24. The van der Waals surface area contributed by atoms with Gasteiger partial charge < -0.3 is 14.8 Å². The zero-order valence-electron chi connectivity index (χ0n) is 19.4. The number of nitrogens with one attached hydrogen (secondary N) is 1. The lowest BCUT2D eigenvalue weighted by Gasteiger charge is -2.38. The zero-order valence-corrected chi connectivity index (χ0v) is 19.4. The lowest BCUT2D eigenvalue weighted by Crippen LogP contribution is -2.52. The monoisotopic (exact) mass is 452 g/mol. The Hall–Kier alpha value is -3.00. The van der Waals surface area contributed by atoms with E-state index in [1.807, 2.05) is 12.3 Å². The molecule has 2 aliphatic carbocycles. The fraction of sp³-hybridized carbons (Fsp3) is 0.520. The van der Waals surface area contributed by atoms with Crippen LogP contribution in [0.15, 0.2) is 42.3 Å². The molecule has 4 rings (SSSR count). The standard InChI is InChI=1S/C25H32N4O4/c1-4-20(5-2)33-24-13-21(32-15-30)12-23(25(24)26-16(3)31)29-14-22(27-28-29)19-10-17-8-6-7-9-18(17)11-19/h6-9,12,14-15,19-20,23-25H,4-5,10-11,13H2,1-3H3,(H,26,31)/t23-,24+,25+/m0/s1. The number of ether oxygens (including phenoxy) is 2. The summed E-state index contributed by atoms with van der Waals surface area (Å²) in [5.74, 6) is 0.631. The number of benzene rings is 1. The summed E-state index contributed by atoms with van der Waals surface area (Å²) in [6.07, 6.45) is 7.46. The fourth-order valence-corrected chi connectivity index (χ4v) is 4.96. The molecule has 1 N–H and O–H groups in total. The van der Waals surface area contributed by atoms with Crippen LogP contribution in [0.25, 0.3) is 0 Å². The van der Waals surface area contributed by atoms with E-state index in [2.05, 4.69) is 53.7 Å². The van der Waals surface area contributed by atoms with Gasteiger partial charge in [-0.25, -0.2) is 4.68 Å². The molecule has 0 aliphatic heterocycles. The maximum absolute atomic E-state index is 12.1. The molecular weight excluding hydrogens is 420 g/mol. The first-order valence-corrected chi connectivity index (χ1v) is 11.7. The molecule has 1 heterocycles. The highest BCUT2D eigenvalue weighted by molar-refractivity contribution is 5.73. The Morgan fingerprint density at radius 3 is 2.52 bits per heavy atom. The molecule has 2 aromatic rings. The molecule has 176 valence electrons. The van der Waals surface area contributed by atoms with Crippen LogP contribution in [0.3, 0.4) is 0 Å². The van der Waals surface area contributed by atoms with Gasteiger partial charge in [-0.2, -0.15) is 0 Å². The Balaban J connectivity index is 1.62. The van der Waals surface area contributed by atoms with Crippen LogP contribution >= 0.6 is 0 Å². The van der Waals surface area contributed by atoms with Gasteiger partial charge >= 0.3 is 0 Å². The van der Waals surface area contributed by atoms with Crippen molar-refractivity contribution < 1.29 is 19.1 Å². The number of amides is 1. The van der Waals surface area contributed by atoms with E-state index >= 15 is 0 Å². The van der Waals surface area contributed by atoms with Crippen molar-refractivity contribution in [3.8, 4) is 0 Å². The van der Waals surface area contributed by atoms with E-state index in [0.717, 1.165) is 31.4 Å². The van der Waals surface area contributed by atoms with Crippen LogP contribution in [-0.2, 0) is 31.9 Å². The minimum Gasteiger partial charge on any atom is -0.433 e. The molecular formula is C25H32N4O4. The molecule has 0 saturated carbocycles. The number of fused-ring (bicyclic) bond motifs is 1. The van der Waals surface area contributed by atoms with Crippen LogP contribution in [0.2, 0.25) is 0 Å². The average molecular weight is 453 g/mol. The molecule has 1 aromatic heterocycles. The van der Waals surface area contributed by atoms with Gasteiger partial charge in [0.2, 0.25) is 5.91 Å². The third-order valence-corrected chi connectivity index (χ3v) is 6.68. The van der Waals surface area contributed by atoms with E-state index in [0.29, 0.717) is 18.7 Å². The van der Waals surface area contributed by atoms with Crippen molar-refractivity contribution >= 4 is 12.4 Å². The molecule has 2 aliphatic rings. The van der Waals surface area contributed by atoms with Crippen molar-refractivity contribution in [3.05, 3.63) is 59.1 Å². The summed E-state index contributed by atoms with van der Waals surface area (Å²) < 4.78 is 13.4. The van der Waals surface area contributed by atoms with Gasteiger partial charge in [-0.1, -0.05) is 43.3 Å². The highest BCUT2D eigenvalue weighted by Crippen LogP contribution is 2.35. The normalized spacial score (nSPS) is 22.7. The van der Waals surface area contributed by atoms with Crippen molar-refractivity contribution in [1.29, 1.82) is 0 Å². The van der Waals surface area contributed by atoms with Crippen LogP contribution in [0.1, 0.15) is 68.8 Å². The van der Waals surface area contributed by atoms with Crippen LogP contribution in [-0.4, -0.2) is 45.6 Å². The van der Waals surface area contributed by atoms with Crippen molar-refractivity contribution in [3.63, 3.8) is 0 Å². The largest absolute Gasteiger partial charge is 0.433 e. The number of hydrogen-bond donors (Lipinski definition) is 1. The van der Waals surface area contributed by atoms with Gasteiger partial charge in [-0.15, -0.1) is 5.10 Å². The van der Waals surface area contributed by atoms with E-state index in [1.54, 1.807) is 4.68 Å². The van der Waals surface area contributed by atoms with Gasteiger partial charge in [-0.05, 0) is 42.9 Å². The Labute approximate surface area is 194 Å². The molecule has 1 aromatic carbocycles. The number of carbonyl (C=O) groups excluding carboxylic acids is 2. The van der Waals surface area contributed by atoms with E-state index in [9.17, 15) is 9.59 Å². The molecule has 1 amide bonds. The van der Waals surface area contributed by atoms with Gasteiger partial charge in [0.15, 0.2) is 0 Å². The summed E-state index contributed by atoms with van der Waals surface area (Å²) in [7, 11) is 0. The quantitative estimate of drug-likeness (QED) is 0.587. The molecule has 8 heteroatoms. The molecule has 0 radical (unpaired) electrons. The first-order valence-electron chi connectivity index (χ1n) is 11.7. The van der Waals surface area contributed by atoms with E-state index in [1.165, 1.54) is 18.1 Å². The molecule has 33 heavy (non-hydrogen) atoms. The Kier molecular flexibility index (Phi) is 7.23. The first kappa shape index (κ1) is 23.2. The maximum Gasteiger partial charge on any atom is 0.298 e. The first-order chi connectivity index (χ1) is 16.0. The SMILES string of the molecule is CCC(CC)O[C@@H]1CC(OC=O)=C[C@H](n2cc(C3Cc4ccccc4C3)nn2)[C@H]1NC(C)=O. The minimum absolute atomic E-state index is 0.0470. The third-order valence-electron chi connectivity index (χ3n) is 6.68. The molecule has 0 bridgehead atoms. The number of hydrogen-bond acceptors (Lipinski definition) is 6. The second-order valence-corrected chi connectivity index (χ2v) is 8.88. The summed E-state index contributed by atoms with van der Waals surface area (Å²) in [5, 5.41) is 12.0. The summed E-state index contributed by atoms with van der Waals surface area (Å²) in [6.45, 7) is 6.07. The van der Waals surface area contributed by atoms with Gasteiger partial charge in [0.05, 0.1) is 30.0 Å². The van der Waals surface area contributed by atoms with Gasteiger partial charge in [0.25, 0.3) is 6.47 Å². The van der Waals surface area contributed by atoms with Crippen LogP contribution in [0, 0.1) is 0 Å². The Morgan fingerprint density at radius 1 is 1.21 bits per heavy atom. The summed E-state index contributed by atoms with van der Waals surface area (Å²) >= 11 is 0. The van der Waals surface area contributed by atoms with Crippen molar-refractivity contribution in [2.45, 2.75) is 83.1 Å². The average Bonchev–Trinajstić information content (AvgIpc) is 3.45. The van der Waals surface area contributed by atoms with Crippen molar-refractivity contribution in [2.75, 3.05) is 0 Å². The highest BCUT2D eigenvalue weighted by Gasteiger charge is 2.39. The van der Waals surface area contributed by atoms with Crippen molar-refractivity contribution in [1.82, 2.24) is 20.3 Å². The number of rotatable bonds is 9. The van der Waals surface area contributed by atoms with Crippen LogP contribution in [0.5, 0.6) is 0 Å². The second kappa shape index (κ2) is 10.3. The summed E-state index contributed by atoms with van der Waals surface area (Å²) in [5.41, 5.74) is 3.62. The topological polar surface area (TPSA) is 95.3 Å². The lowest BCUT2D eigenvalue weighted by molar-refractivity contribution is -0.128. The Morgan fingerprint density at radius 2 is 1.91 bits per heavy atom. The zero-order chi connectivity index (χ0) is 23.4. The minimum atomic E-state index is -0.387. The van der Waals surface area contributed by atoms with E-state index < -0.39 is 0 Å². The summed E-state index contributed by atoms with van der Waals surface area (Å²) in [4.78, 5) is 23.2. The molecule has 3 atom stereocenters. The molecule has 0 fully saturated rings. The summed E-state index contributed by atoms with van der Waals surface area (Å²) in [6, 6.07) is 7.72. The second-order valence-electron chi connectivity index (χ2n) is 8.88. The third kappa shape index (κ3) is 5.16. The fourth-order valence-electron chi connectivity index (χ4n) is 4.96. The smallest absolute Gasteiger partial charge is 0.298 e. The molecule has 0 unspecified atom stereocenters. The molecule has 8 nitrogen and oxygen atoms in total.